The number of likely N-dealkylation sites (tertiary alicyclic amines) is 1. The van der Waals surface area contributed by atoms with E-state index in [0.29, 0.717) is 19.5 Å². The number of carbonyl (C=O) groups is 1. The molecule has 72 valence electrons. The van der Waals surface area contributed by atoms with Gasteiger partial charge in [0.05, 0.1) is 12.6 Å². The average molecular weight is 181 g/mol. The highest BCUT2D eigenvalue weighted by atomic mass is 16.2. The molecule has 0 atom stereocenters. The van der Waals surface area contributed by atoms with Gasteiger partial charge in [0.1, 0.15) is 0 Å². The summed E-state index contributed by atoms with van der Waals surface area (Å²) in [6.45, 7) is 2.79. The van der Waals surface area contributed by atoms with Gasteiger partial charge in [-0.05, 0) is 12.8 Å². The van der Waals surface area contributed by atoms with E-state index in [9.17, 15) is 4.79 Å². The first kappa shape index (κ1) is 10.0. The van der Waals surface area contributed by atoms with E-state index in [-0.39, 0.29) is 5.91 Å². The van der Waals surface area contributed by atoms with Crippen LogP contribution in [0.1, 0.15) is 19.3 Å². The maximum absolute atomic E-state index is 11.4. The van der Waals surface area contributed by atoms with Crippen LogP contribution in [0, 0.1) is 11.3 Å². The van der Waals surface area contributed by atoms with Crippen molar-refractivity contribution >= 4 is 5.91 Å². The normalized spacial score (nSPS) is 15.8. The molecule has 0 bridgehead atoms. The summed E-state index contributed by atoms with van der Waals surface area (Å²) in [5, 5.41) is 11.2. The van der Waals surface area contributed by atoms with Gasteiger partial charge in [0.15, 0.2) is 0 Å². The molecule has 4 heteroatoms. The van der Waals surface area contributed by atoms with Gasteiger partial charge in [-0.15, -0.1) is 0 Å². The van der Waals surface area contributed by atoms with Crippen molar-refractivity contribution in [3.05, 3.63) is 0 Å². The minimum atomic E-state index is 0.162. The lowest BCUT2D eigenvalue weighted by Gasteiger charge is -2.14. The Morgan fingerprint density at radius 2 is 2.15 bits per heavy atom. The van der Waals surface area contributed by atoms with E-state index in [4.69, 9.17) is 5.26 Å². The molecule has 0 unspecified atom stereocenters. The van der Waals surface area contributed by atoms with E-state index in [1.807, 2.05) is 11.0 Å². The molecule has 4 nitrogen and oxygen atoms in total. The van der Waals surface area contributed by atoms with E-state index < -0.39 is 0 Å². The lowest BCUT2D eigenvalue weighted by molar-refractivity contribution is -0.129. The number of hydrogen-bond acceptors (Lipinski definition) is 3. The summed E-state index contributed by atoms with van der Waals surface area (Å²) >= 11 is 0. The zero-order valence-corrected chi connectivity index (χ0v) is 7.75. The molecule has 0 radical (unpaired) electrons. The summed E-state index contributed by atoms with van der Waals surface area (Å²) in [4.78, 5) is 13.3. The third-order valence-electron chi connectivity index (χ3n) is 2.15. The van der Waals surface area contributed by atoms with Crippen LogP contribution in [0.3, 0.4) is 0 Å². The van der Waals surface area contributed by atoms with E-state index in [2.05, 4.69) is 5.32 Å². The van der Waals surface area contributed by atoms with Gasteiger partial charge in [-0.3, -0.25) is 4.79 Å². The second-order valence-corrected chi connectivity index (χ2v) is 3.17. The molecule has 13 heavy (non-hydrogen) atoms. The molecule has 1 amide bonds. The van der Waals surface area contributed by atoms with Crippen LogP contribution < -0.4 is 5.32 Å². The smallest absolute Gasteiger partial charge is 0.236 e. The summed E-state index contributed by atoms with van der Waals surface area (Å²) in [5.74, 6) is 0.162. The van der Waals surface area contributed by atoms with Crippen LogP contribution in [-0.2, 0) is 4.79 Å². The summed E-state index contributed by atoms with van der Waals surface area (Å²) in [6, 6.07) is 2.02. The Labute approximate surface area is 78.5 Å². The monoisotopic (exact) mass is 181 g/mol. The fraction of sp³-hybridized carbons (Fsp3) is 0.778. The molecular weight excluding hydrogens is 166 g/mol. The van der Waals surface area contributed by atoms with Crippen molar-refractivity contribution in [3.63, 3.8) is 0 Å². The molecule has 1 fully saturated rings. The van der Waals surface area contributed by atoms with Gasteiger partial charge in [0.2, 0.25) is 5.91 Å². The average Bonchev–Trinajstić information content (AvgIpc) is 2.65. The zero-order chi connectivity index (χ0) is 9.52. The van der Waals surface area contributed by atoms with Crippen molar-refractivity contribution in [2.75, 3.05) is 26.2 Å². The van der Waals surface area contributed by atoms with Crippen molar-refractivity contribution in [1.29, 1.82) is 5.26 Å². The molecule has 1 heterocycles. The molecule has 0 spiro atoms. The molecule has 0 aliphatic carbocycles. The van der Waals surface area contributed by atoms with Gasteiger partial charge in [0.25, 0.3) is 0 Å². The van der Waals surface area contributed by atoms with Crippen molar-refractivity contribution in [1.82, 2.24) is 10.2 Å². The van der Waals surface area contributed by atoms with Crippen LogP contribution in [0.25, 0.3) is 0 Å². The van der Waals surface area contributed by atoms with Crippen LogP contribution >= 0.6 is 0 Å². The number of nitriles is 1. The van der Waals surface area contributed by atoms with Crippen LogP contribution in [0.4, 0.5) is 0 Å². The molecule has 1 aliphatic heterocycles. The first-order valence-corrected chi connectivity index (χ1v) is 4.70. The third kappa shape index (κ3) is 3.43. The zero-order valence-electron chi connectivity index (χ0n) is 7.75. The van der Waals surface area contributed by atoms with Gasteiger partial charge in [-0.25, -0.2) is 0 Å². The van der Waals surface area contributed by atoms with Gasteiger partial charge >= 0.3 is 0 Å². The van der Waals surface area contributed by atoms with E-state index >= 15 is 0 Å². The van der Waals surface area contributed by atoms with Crippen LogP contribution in [0.5, 0.6) is 0 Å². The molecule has 0 aromatic heterocycles. The lowest BCUT2D eigenvalue weighted by Crippen LogP contribution is -2.36. The van der Waals surface area contributed by atoms with Crippen molar-refractivity contribution in [2.24, 2.45) is 0 Å². The number of amides is 1. The van der Waals surface area contributed by atoms with E-state index in [1.54, 1.807) is 0 Å². The minimum absolute atomic E-state index is 0.162. The summed E-state index contributed by atoms with van der Waals surface area (Å²) < 4.78 is 0. The molecule has 0 aromatic carbocycles. The largest absolute Gasteiger partial charge is 0.342 e. The molecular formula is C9H15N3O. The predicted octanol–water partition coefficient (Wildman–Crippen LogP) is 0.112. The Kier molecular flexibility index (Phi) is 4.27. The molecule has 1 N–H and O–H groups in total. The van der Waals surface area contributed by atoms with Gasteiger partial charge in [0, 0.05) is 26.1 Å². The summed E-state index contributed by atoms with van der Waals surface area (Å²) in [5.41, 5.74) is 0. The third-order valence-corrected chi connectivity index (χ3v) is 2.15. The number of carbonyl (C=O) groups excluding carboxylic acids is 1. The maximum atomic E-state index is 11.4. The van der Waals surface area contributed by atoms with Gasteiger partial charge in [-0.2, -0.15) is 5.26 Å². The Morgan fingerprint density at radius 3 is 2.77 bits per heavy atom. The number of nitrogens with zero attached hydrogens (tertiary/aromatic N) is 2. The molecule has 1 saturated heterocycles. The molecule has 0 saturated carbocycles. The Balaban J connectivity index is 2.07. The number of nitrogens with one attached hydrogen (secondary N) is 1. The lowest BCUT2D eigenvalue weighted by atomic mass is 10.4. The second kappa shape index (κ2) is 5.55. The first-order valence-electron chi connectivity index (χ1n) is 4.70. The number of hydrogen-bond donors (Lipinski definition) is 1. The van der Waals surface area contributed by atoms with Crippen molar-refractivity contribution in [2.45, 2.75) is 19.3 Å². The fourth-order valence-corrected chi connectivity index (χ4v) is 1.42. The summed E-state index contributed by atoms with van der Waals surface area (Å²) in [6.07, 6.45) is 2.72. The highest BCUT2D eigenvalue weighted by Crippen LogP contribution is 2.06. The Bertz CT molecular complexity index is 203. The van der Waals surface area contributed by atoms with E-state index in [1.165, 1.54) is 0 Å². The SMILES string of the molecule is N#CCCNCC(=O)N1CCCC1. The highest BCUT2D eigenvalue weighted by molar-refractivity contribution is 5.78. The maximum Gasteiger partial charge on any atom is 0.236 e. The molecule has 0 aromatic rings. The Hall–Kier alpha value is -1.08. The van der Waals surface area contributed by atoms with Crippen molar-refractivity contribution < 1.29 is 4.79 Å². The van der Waals surface area contributed by atoms with Crippen LogP contribution in [0.15, 0.2) is 0 Å². The topological polar surface area (TPSA) is 56.1 Å². The Morgan fingerprint density at radius 1 is 1.46 bits per heavy atom. The van der Waals surface area contributed by atoms with Gasteiger partial charge in [-0.1, -0.05) is 0 Å². The summed E-state index contributed by atoms with van der Waals surface area (Å²) in [7, 11) is 0. The van der Waals surface area contributed by atoms with E-state index in [0.717, 1.165) is 25.9 Å². The second-order valence-electron chi connectivity index (χ2n) is 3.17. The van der Waals surface area contributed by atoms with Gasteiger partial charge < -0.3 is 10.2 Å². The highest BCUT2D eigenvalue weighted by Gasteiger charge is 2.16. The van der Waals surface area contributed by atoms with Crippen LogP contribution in [0.2, 0.25) is 0 Å². The first-order chi connectivity index (χ1) is 6.34. The predicted molar refractivity (Wildman–Crippen MR) is 48.9 cm³/mol. The minimum Gasteiger partial charge on any atom is -0.342 e. The standard InChI is InChI=1S/C9H15N3O/c10-4-3-5-11-8-9(13)12-6-1-2-7-12/h11H,1-3,5-8H2. The number of rotatable bonds is 4. The van der Waals surface area contributed by atoms with Crippen LogP contribution in [-0.4, -0.2) is 37.0 Å². The molecule has 1 rings (SSSR count). The molecule has 1 aliphatic rings. The quantitative estimate of drug-likeness (QED) is 0.626. The fourth-order valence-electron chi connectivity index (χ4n) is 1.42. The van der Waals surface area contributed by atoms with Crippen molar-refractivity contribution in [3.8, 4) is 6.07 Å².